The minimum Gasteiger partial charge on any atom is -0.491 e. The molecule has 0 saturated carbocycles. The number of nitrogens with zero attached hydrogens (tertiary/aromatic N) is 5. The average molecular weight is 442 g/mol. The largest absolute Gasteiger partial charge is 0.491 e. The van der Waals surface area contributed by atoms with E-state index in [0.29, 0.717) is 18.7 Å². The second-order valence-corrected chi connectivity index (χ2v) is 7.57. The number of aromatic nitrogens is 3. The summed E-state index contributed by atoms with van der Waals surface area (Å²) < 4.78 is 21.9. The van der Waals surface area contributed by atoms with Crippen LogP contribution in [0.2, 0.25) is 0 Å². The minimum absolute atomic E-state index is 0.257. The molecule has 1 heterocycles. The zero-order valence-electron chi connectivity index (χ0n) is 18.4. The van der Waals surface area contributed by atoms with Gasteiger partial charge in [0.25, 0.3) is 0 Å². The quantitative estimate of drug-likeness (QED) is 0.316. The van der Waals surface area contributed by atoms with Crippen LogP contribution >= 0.6 is 0 Å². The third kappa shape index (κ3) is 5.18. The summed E-state index contributed by atoms with van der Waals surface area (Å²) >= 11 is 0. The molecule has 0 aliphatic rings. The van der Waals surface area contributed by atoms with Crippen molar-refractivity contribution in [1.29, 1.82) is 5.26 Å². The van der Waals surface area contributed by atoms with Crippen molar-refractivity contribution in [3.8, 4) is 22.9 Å². The smallest absolute Gasteiger partial charge is 0.165 e. The van der Waals surface area contributed by atoms with E-state index in [-0.39, 0.29) is 5.75 Å². The highest BCUT2D eigenvalue weighted by atomic mass is 19.1. The van der Waals surface area contributed by atoms with Crippen LogP contribution in [-0.4, -0.2) is 21.5 Å². The molecule has 4 rings (SSSR count). The maximum Gasteiger partial charge on any atom is 0.165 e. The molecule has 0 bridgehead atoms. The summed E-state index contributed by atoms with van der Waals surface area (Å²) in [6, 6.07) is 22.6. The SMILES string of the molecule is CCCCOc1ccc(CN(c2ccc(C#N)c(-c3ccccc3)c2)n2cnnc2)cc1F. The number of hydrogen-bond donors (Lipinski definition) is 0. The van der Waals surface area contributed by atoms with Crippen LogP contribution in [0.3, 0.4) is 0 Å². The molecule has 0 atom stereocenters. The molecule has 166 valence electrons. The molecule has 0 aliphatic heterocycles. The van der Waals surface area contributed by atoms with Crippen LogP contribution in [0, 0.1) is 17.1 Å². The monoisotopic (exact) mass is 441 g/mol. The Morgan fingerprint density at radius 3 is 2.52 bits per heavy atom. The van der Waals surface area contributed by atoms with Gasteiger partial charge in [0.2, 0.25) is 0 Å². The van der Waals surface area contributed by atoms with Crippen molar-refractivity contribution in [3.05, 3.63) is 96.3 Å². The Bertz CT molecular complexity index is 1240. The highest BCUT2D eigenvalue weighted by Gasteiger charge is 2.15. The van der Waals surface area contributed by atoms with Crippen molar-refractivity contribution in [2.75, 3.05) is 11.6 Å². The van der Waals surface area contributed by atoms with Crippen molar-refractivity contribution in [3.63, 3.8) is 0 Å². The Labute approximate surface area is 192 Å². The summed E-state index contributed by atoms with van der Waals surface area (Å²) in [5, 5.41) is 19.4. The third-order valence-electron chi connectivity index (χ3n) is 5.28. The molecule has 0 N–H and O–H groups in total. The summed E-state index contributed by atoms with van der Waals surface area (Å²) in [5.74, 6) is -0.134. The maximum atomic E-state index is 14.6. The fourth-order valence-corrected chi connectivity index (χ4v) is 3.53. The summed E-state index contributed by atoms with van der Waals surface area (Å²) in [5.41, 5.74) is 3.91. The normalized spacial score (nSPS) is 10.6. The number of rotatable bonds is 9. The van der Waals surface area contributed by atoms with Crippen LogP contribution in [0.4, 0.5) is 10.1 Å². The lowest BCUT2D eigenvalue weighted by molar-refractivity contribution is 0.294. The zero-order valence-corrected chi connectivity index (χ0v) is 18.4. The van der Waals surface area contributed by atoms with Crippen LogP contribution in [0.5, 0.6) is 5.75 Å². The number of ether oxygens (including phenoxy) is 1. The van der Waals surface area contributed by atoms with Crippen molar-refractivity contribution in [2.24, 2.45) is 0 Å². The van der Waals surface area contributed by atoms with Gasteiger partial charge in [-0.05, 0) is 47.9 Å². The van der Waals surface area contributed by atoms with E-state index in [9.17, 15) is 9.65 Å². The van der Waals surface area contributed by atoms with Gasteiger partial charge < -0.3 is 4.74 Å². The molecule has 7 heteroatoms. The fourth-order valence-electron chi connectivity index (χ4n) is 3.53. The molecule has 0 unspecified atom stereocenters. The second kappa shape index (κ2) is 10.4. The highest BCUT2D eigenvalue weighted by molar-refractivity contribution is 5.74. The van der Waals surface area contributed by atoms with E-state index >= 15 is 0 Å². The van der Waals surface area contributed by atoms with Gasteiger partial charge >= 0.3 is 0 Å². The Hall–Kier alpha value is -4.18. The van der Waals surface area contributed by atoms with E-state index in [4.69, 9.17) is 4.74 Å². The number of halogens is 1. The lowest BCUT2D eigenvalue weighted by Crippen LogP contribution is -2.28. The summed E-state index contributed by atoms with van der Waals surface area (Å²) in [4.78, 5) is 0. The van der Waals surface area contributed by atoms with E-state index in [2.05, 4.69) is 23.2 Å². The van der Waals surface area contributed by atoms with Crippen LogP contribution in [-0.2, 0) is 6.54 Å². The van der Waals surface area contributed by atoms with Gasteiger partial charge in [-0.25, -0.2) is 9.07 Å². The Balaban J connectivity index is 1.67. The van der Waals surface area contributed by atoms with E-state index in [1.165, 1.54) is 6.07 Å². The minimum atomic E-state index is -0.392. The maximum absolute atomic E-state index is 14.6. The van der Waals surface area contributed by atoms with Crippen LogP contribution < -0.4 is 9.75 Å². The number of benzene rings is 3. The second-order valence-electron chi connectivity index (χ2n) is 7.57. The van der Waals surface area contributed by atoms with E-state index < -0.39 is 5.82 Å². The number of anilines is 1. The van der Waals surface area contributed by atoms with Crippen molar-refractivity contribution in [1.82, 2.24) is 14.9 Å². The van der Waals surface area contributed by atoms with Gasteiger partial charge in [0, 0.05) is 5.56 Å². The van der Waals surface area contributed by atoms with Gasteiger partial charge in [-0.1, -0.05) is 49.7 Å². The first-order valence-corrected chi connectivity index (χ1v) is 10.8. The molecule has 0 radical (unpaired) electrons. The third-order valence-corrected chi connectivity index (χ3v) is 5.28. The average Bonchev–Trinajstić information content (AvgIpc) is 3.39. The molecule has 0 spiro atoms. The van der Waals surface area contributed by atoms with Gasteiger partial charge in [0.1, 0.15) is 12.7 Å². The summed E-state index contributed by atoms with van der Waals surface area (Å²) in [7, 11) is 0. The predicted octanol–water partition coefficient (Wildman–Crippen LogP) is 5.60. The molecule has 0 aliphatic carbocycles. The lowest BCUT2D eigenvalue weighted by Gasteiger charge is -2.26. The molecule has 3 aromatic carbocycles. The number of hydrogen-bond acceptors (Lipinski definition) is 5. The van der Waals surface area contributed by atoms with Gasteiger partial charge in [-0.2, -0.15) is 5.26 Å². The van der Waals surface area contributed by atoms with Crippen molar-refractivity contribution < 1.29 is 9.13 Å². The van der Waals surface area contributed by atoms with Crippen LogP contribution in [0.25, 0.3) is 11.1 Å². The summed E-state index contributed by atoms with van der Waals surface area (Å²) in [6.07, 6.45) is 5.03. The molecular formula is C26H24FN5O. The Morgan fingerprint density at radius 2 is 1.82 bits per heavy atom. The molecule has 33 heavy (non-hydrogen) atoms. The van der Waals surface area contributed by atoms with E-state index in [0.717, 1.165) is 35.2 Å². The molecule has 4 aromatic rings. The van der Waals surface area contributed by atoms with Crippen molar-refractivity contribution in [2.45, 2.75) is 26.3 Å². The first-order chi connectivity index (χ1) is 16.2. The Morgan fingerprint density at radius 1 is 1.03 bits per heavy atom. The van der Waals surface area contributed by atoms with Gasteiger partial charge in [0.05, 0.1) is 30.5 Å². The predicted molar refractivity (Wildman–Crippen MR) is 125 cm³/mol. The molecule has 1 aromatic heterocycles. The van der Waals surface area contributed by atoms with Gasteiger partial charge in [0.15, 0.2) is 11.6 Å². The lowest BCUT2D eigenvalue weighted by atomic mass is 9.99. The topological polar surface area (TPSA) is 67.0 Å². The van der Waals surface area contributed by atoms with E-state index in [1.807, 2.05) is 53.5 Å². The summed E-state index contributed by atoms with van der Waals surface area (Å²) in [6.45, 7) is 2.92. The first-order valence-electron chi connectivity index (χ1n) is 10.8. The zero-order chi connectivity index (χ0) is 23.0. The van der Waals surface area contributed by atoms with Crippen LogP contribution in [0.15, 0.2) is 79.4 Å². The number of unbranched alkanes of at least 4 members (excludes halogenated alkanes) is 1. The number of nitriles is 1. The molecular weight excluding hydrogens is 417 g/mol. The van der Waals surface area contributed by atoms with E-state index in [1.54, 1.807) is 29.5 Å². The fraction of sp³-hybridized carbons (Fsp3) is 0.192. The molecule has 0 fully saturated rings. The molecule has 6 nitrogen and oxygen atoms in total. The highest BCUT2D eigenvalue weighted by Crippen LogP contribution is 2.30. The first kappa shape index (κ1) is 22.0. The standard InChI is InChI=1S/C26H24FN5O/c1-2-3-13-33-26-12-9-20(14-25(26)27)17-32(31-18-29-30-19-31)23-11-10-22(16-28)24(15-23)21-7-5-4-6-8-21/h4-12,14-15,18-19H,2-3,13,17H2,1H3. The molecule has 0 saturated heterocycles. The molecule has 0 amide bonds. The van der Waals surface area contributed by atoms with Crippen LogP contribution in [0.1, 0.15) is 30.9 Å². The van der Waals surface area contributed by atoms with Crippen molar-refractivity contribution >= 4 is 5.69 Å². The van der Waals surface area contributed by atoms with Gasteiger partial charge in [-0.15, -0.1) is 10.2 Å². The van der Waals surface area contributed by atoms with Gasteiger partial charge in [-0.3, -0.25) is 5.01 Å². The Kier molecular flexibility index (Phi) is 6.96.